The molecule has 0 heterocycles. The molecule has 2 unspecified atom stereocenters. The summed E-state index contributed by atoms with van der Waals surface area (Å²) in [5, 5.41) is 23.3. The van der Waals surface area contributed by atoms with E-state index in [0.717, 1.165) is 51.4 Å². The van der Waals surface area contributed by atoms with Gasteiger partial charge in [-0.1, -0.05) is 397 Å². The third kappa shape index (κ3) is 71.2. The van der Waals surface area contributed by atoms with Crippen molar-refractivity contribution < 1.29 is 24.5 Å². The minimum absolute atomic E-state index is 0.00641. The largest absolute Gasteiger partial charge is 0.466 e. The van der Waals surface area contributed by atoms with E-state index in [1.54, 1.807) is 6.08 Å². The van der Waals surface area contributed by atoms with Crippen LogP contribution in [-0.2, 0) is 14.3 Å². The number of hydrogen-bond acceptors (Lipinski definition) is 5. The molecule has 6 nitrogen and oxygen atoms in total. The molecule has 1 amide bonds. The molecule has 2 atom stereocenters. The molecule has 508 valence electrons. The molecule has 0 spiro atoms. The molecule has 0 saturated carbocycles. The first-order valence-corrected chi connectivity index (χ1v) is 39.3. The standard InChI is InChI=1S/C80H153NO5/c1-3-5-7-9-11-13-15-17-19-21-22-23-24-32-35-38-41-44-48-52-56-60-64-68-72-78(83)77(76-82)81-79(84)73-69-65-61-57-53-49-45-42-39-36-33-30-28-26-25-27-29-31-34-37-40-43-47-51-55-59-63-67-71-75-86-80(85)74-70-66-62-58-54-50-46-20-18-16-14-12-10-8-6-4-2/h14,16,20,46,68,72,77-78,82-83H,3-13,15,17-19,21-45,47-67,69-71,73-76H2,1-2H3,(H,81,84)/b16-14-,46-20-,72-68+. The minimum Gasteiger partial charge on any atom is -0.466 e. The van der Waals surface area contributed by atoms with Gasteiger partial charge in [-0.05, 0) is 64.2 Å². The summed E-state index contributed by atoms with van der Waals surface area (Å²) in [5.74, 6) is -0.0532. The van der Waals surface area contributed by atoms with Crippen molar-refractivity contribution in [1.82, 2.24) is 5.32 Å². The van der Waals surface area contributed by atoms with Gasteiger partial charge >= 0.3 is 5.97 Å². The molecule has 0 aliphatic rings. The topological polar surface area (TPSA) is 95.9 Å². The number of carbonyl (C=O) groups is 2. The van der Waals surface area contributed by atoms with Crippen molar-refractivity contribution in [3.8, 4) is 0 Å². The highest BCUT2D eigenvalue weighted by Crippen LogP contribution is 2.20. The molecule has 0 bridgehead atoms. The molecule has 0 aliphatic heterocycles. The smallest absolute Gasteiger partial charge is 0.305 e. The van der Waals surface area contributed by atoms with E-state index in [1.807, 2.05) is 6.08 Å². The zero-order chi connectivity index (χ0) is 62.0. The van der Waals surface area contributed by atoms with Gasteiger partial charge in [0.2, 0.25) is 5.91 Å². The van der Waals surface area contributed by atoms with Crippen LogP contribution in [0.15, 0.2) is 36.5 Å². The van der Waals surface area contributed by atoms with Crippen LogP contribution >= 0.6 is 0 Å². The molecule has 0 radical (unpaired) electrons. The van der Waals surface area contributed by atoms with E-state index in [-0.39, 0.29) is 18.5 Å². The average molecular weight is 1210 g/mol. The Labute approximate surface area is 538 Å². The Morgan fingerprint density at radius 1 is 0.326 bits per heavy atom. The maximum absolute atomic E-state index is 12.6. The lowest BCUT2D eigenvalue weighted by atomic mass is 10.0. The first-order chi connectivity index (χ1) is 42.5. The van der Waals surface area contributed by atoms with Crippen LogP contribution in [0.3, 0.4) is 0 Å². The van der Waals surface area contributed by atoms with Gasteiger partial charge in [0.05, 0.1) is 25.4 Å². The second-order valence-electron chi connectivity index (χ2n) is 27.0. The van der Waals surface area contributed by atoms with Gasteiger partial charge in [-0.2, -0.15) is 0 Å². The summed E-state index contributed by atoms with van der Waals surface area (Å²) < 4.78 is 5.50. The molecule has 3 N–H and O–H groups in total. The Balaban J connectivity index is 3.37. The van der Waals surface area contributed by atoms with Crippen molar-refractivity contribution in [2.45, 2.75) is 450 Å². The Bertz CT molecular complexity index is 1390. The maximum atomic E-state index is 12.6. The van der Waals surface area contributed by atoms with Crippen molar-refractivity contribution in [3.05, 3.63) is 36.5 Å². The number of aliphatic hydroxyl groups excluding tert-OH is 2. The fourth-order valence-corrected chi connectivity index (χ4v) is 12.4. The first-order valence-electron chi connectivity index (χ1n) is 39.3. The van der Waals surface area contributed by atoms with Crippen molar-refractivity contribution in [2.24, 2.45) is 0 Å². The molecule has 0 aromatic heterocycles. The third-order valence-electron chi connectivity index (χ3n) is 18.4. The van der Waals surface area contributed by atoms with Crippen LogP contribution in [0.2, 0.25) is 0 Å². The SMILES string of the molecule is CCCCCC/C=C\C/C=C\CCCCCCCC(=O)OCCCCCCCCCCCCCCCCCCCCCCCCCCCCCCCC(=O)NC(CO)C(O)/C=C/CCCCCCCCCCCCCCCCCCCCCCCC. The van der Waals surface area contributed by atoms with Crippen LogP contribution in [-0.4, -0.2) is 47.4 Å². The van der Waals surface area contributed by atoms with E-state index in [4.69, 9.17) is 4.74 Å². The number of rotatable bonds is 74. The Hall–Kier alpha value is -1.92. The summed E-state index contributed by atoms with van der Waals surface area (Å²) >= 11 is 0. The number of amides is 1. The normalized spacial score (nSPS) is 12.7. The van der Waals surface area contributed by atoms with E-state index in [1.165, 1.54) is 360 Å². The van der Waals surface area contributed by atoms with Gasteiger partial charge in [0.15, 0.2) is 0 Å². The van der Waals surface area contributed by atoms with Crippen molar-refractivity contribution >= 4 is 11.9 Å². The van der Waals surface area contributed by atoms with Crippen LogP contribution in [0.25, 0.3) is 0 Å². The van der Waals surface area contributed by atoms with E-state index in [9.17, 15) is 19.8 Å². The Kier molecular flexibility index (Phi) is 73.9. The van der Waals surface area contributed by atoms with Gasteiger partial charge in [-0.25, -0.2) is 0 Å². The van der Waals surface area contributed by atoms with Gasteiger partial charge in [-0.3, -0.25) is 9.59 Å². The van der Waals surface area contributed by atoms with Crippen molar-refractivity contribution in [1.29, 1.82) is 0 Å². The van der Waals surface area contributed by atoms with E-state index >= 15 is 0 Å². The zero-order valence-corrected chi connectivity index (χ0v) is 58.3. The number of nitrogens with one attached hydrogen (secondary N) is 1. The van der Waals surface area contributed by atoms with Crippen molar-refractivity contribution in [2.75, 3.05) is 13.2 Å². The maximum Gasteiger partial charge on any atom is 0.305 e. The number of unbranched alkanes of at least 4 members (excludes halogenated alkanes) is 59. The van der Waals surface area contributed by atoms with Crippen LogP contribution in [0.5, 0.6) is 0 Å². The van der Waals surface area contributed by atoms with E-state index < -0.39 is 12.1 Å². The number of ether oxygens (including phenoxy) is 1. The molecular formula is C80H153NO5. The van der Waals surface area contributed by atoms with E-state index in [2.05, 4.69) is 43.5 Å². The lowest BCUT2D eigenvalue weighted by molar-refractivity contribution is -0.143. The Morgan fingerprint density at radius 2 is 0.581 bits per heavy atom. The zero-order valence-electron chi connectivity index (χ0n) is 58.3. The van der Waals surface area contributed by atoms with Crippen LogP contribution < -0.4 is 5.32 Å². The molecule has 0 aromatic rings. The monoisotopic (exact) mass is 1210 g/mol. The summed E-state index contributed by atoms with van der Waals surface area (Å²) in [6, 6.07) is -0.627. The van der Waals surface area contributed by atoms with Crippen LogP contribution in [0.1, 0.15) is 438 Å². The number of carbonyl (C=O) groups excluding carboxylic acids is 2. The number of aliphatic hydroxyl groups is 2. The number of hydrogen-bond donors (Lipinski definition) is 3. The summed E-state index contributed by atoms with van der Waals surface area (Å²) in [6.07, 6.45) is 98.3. The van der Waals surface area contributed by atoms with Crippen LogP contribution in [0.4, 0.5) is 0 Å². The second-order valence-corrected chi connectivity index (χ2v) is 27.0. The molecule has 6 heteroatoms. The third-order valence-corrected chi connectivity index (χ3v) is 18.4. The summed E-state index contributed by atoms with van der Waals surface area (Å²) in [4.78, 5) is 24.6. The molecule has 0 aliphatic carbocycles. The first kappa shape index (κ1) is 84.1. The highest BCUT2D eigenvalue weighted by Gasteiger charge is 2.18. The number of allylic oxidation sites excluding steroid dienone is 5. The lowest BCUT2D eigenvalue weighted by Crippen LogP contribution is -2.45. The fourth-order valence-electron chi connectivity index (χ4n) is 12.4. The van der Waals surface area contributed by atoms with E-state index in [0.29, 0.717) is 19.4 Å². The predicted octanol–water partition coefficient (Wildman–Crippen LogP) is 25.8. The summed E-state index contributed by atoms with van der Waals surface area (Å²) in [6.45, 7) is 4.93. The molecule has 0 saturated heterocycles. The quantitative estimate of drug-likeness (QED) is 0.0320. The van der Waals surface area contributed by atoms with Gasteiger partial charge in [0.25, 0.3) is 0 Å². The predicted molar refractivity (Wildman–Crippen MR) is 379 cm³/mol. The highest BCUT2D eigenvalue weighted by molar-refractivity contribution is 5.76. The molecule has 86 heavy (non-hydrogen) atoms. The van der Waals surface area contributed by atoms with Gasteiger partial charge in [0, 0.05) is 12.8 Å². The molecular weight excluding hydrogens is 1050 g/mol. The fraction of sp³-hybridized carbons (Fsp3) is 0.900. The molecule has 0 aromatic carbocycles. The van der Waals surface area contributed by atoms with Crippen LogP contribution in [0, 0.1) is 0 Å². The molecule has 0 rings (SSSR count). The average Bonchev–Trinajstić information content (AvgIpc) is 3.53. The van der Waals surface area contributed by atoms with Gasteiger partial charge in [0.1, 0.15) is 0 Å². The second kappa shape index (κ2) is 75.5. The van der Waals surface area contributed by atoms with Gasteiger partial charge < -0.3 is 20.3 Å². The summed E-state index contributed by atoms with van der Waals surface area (Å²) in [5.41, 5.74) is 0. The lowest BCUT2D eigenvalue weighted by Gasteiger charge is -2.20. The van der Waals surface area contributed by atoms with Gasteiger partial charge in [-0.15, -0.1) is 0 Å². The number of esters is 1. The van der Waals surface area contributed by atoms with Crippen molar-refractivity contribution in [3.63, 3.8) is 0 Å². The summed E-state index contributed by atoms with van der Waals surface area (Å²) in [7, 11) is 0. The molecule has 0 fully saturated rings. The minimum atomic E-state index is -0.844. The highest BCUT2D eigenvalue weighted by atomic mass is 16.5. The Morgan fingerprint density at radius 3 is 0.895 bits per heavy atom.